The number of para-hydroxylation sites is 1. The fourth-order valence-corrected chi connectivity index (χ4v) is 3.65. The number of thiazole rings is 1. The van der Waals surface area contributed by atoms with E-state index in [2.05, 4.69) is 10.1 Å². The molecule has 0 unspecified atom stereocenters. The second-order valence-electron chi connectivity index (χ2n) is 5.63. The number of furan rings is 1. The van der Waals surface area contributed by atoms with Gasteiger partial charge in [-0.2, -0.15) is 4.98 Å². The van der Waals surface area contributed by atoms with E-state index in [0.29, 0.717) is 5.82 Å². The van der Waals surface area contributed by atoms with E-state index < -0.39 is 0 Å². The van der Waals surface area contributed by atoms with Gasteiger partial charge in [-0.05, 0) is 36.4 Å². The third-order valence-electron chi connectivity index (χ3n) is 4.06. The quantitative estimate of drug-likeness (QED) is 0.467. The second kappa shape index (κ2) is 5.46. The Kier molecular flexibility index (Phi) is 3.11. The Morgan fingerprint density at radius 3 is 2.68 bits per heavy atom. The van der Waals surface area contributed by atoms with Gasteiger partial charge >= 0.3 is 0 Å². The zero-order chi connectivity index (χ0) is 16.8. The Bertz CT molecular complexity index is 1120. The molecule has 0 amide bonds. The number of nitrogens with zero attached hydrogens (tertiary/aromatic N) is 3. The number of methoxy groups -OCH3 is 1. The topological polar surface area (TPSA) is 52.6 Å². The van der Waals surface area contributed by atoms with Gasteiger partial charge in [-0.25, -0.2) is 4.52 Å². The Labute approximate surface area is 147 Å². The SMILES string of the molecule is COc1ccc(-c2nc3sc(-c4cc5ccccc5o4)cn3n2)cc1. The number of rotatable bonds is 3. The van der Waals surface area contributed by atoms with E-state index in [0.717, 1.165) is 37.9 Å². The van der Waals surface area contributed by atoms with Crippen LogP contribution in [-0.4, -0.2) is 21.7 Å². The maximum Gasteiger partial charge on any atom is 0.213 e. The fraction of sp³-hybridized carbons (Fsp3) is 0.0526. The molecule has 5 rings (SSSR count). The van der Waals surface area contributed by atoms with Crippen LogP contribution in [0.2, 0.25) is 0 Å². The minimum atomic E-state index is 0.699. The van der Waals surface area contributed by atoms with Gasteiger partial charge < -0.3 is 9.15 Å². The molecule has 0 atom stereocenters. The smallest absolute Gasteiger partial charge is 0.213 e. The third kappa shape index (κ3) is 2.38. The van der Waals surface area contributed by atoms with Crippen molar-refractivity contribution in [2.24, 2.45) is 0 Å². The fourth-order valence-electron chi connectivity index (χ4n) is 2.78. The summed E-state index contributed by atoms with van der Waals surface area (Å²) < 4.78 is 12.9. The highest BCUT2D eigenvalue weighted by molar-refractivity contribution is 7.20. The van der Waals surface area contributed by atoms with E-state index in [-0.39, 0.29) is 0 Å². The van der Waals surface area contributed by atoms with Crippen molar-refractivity contribution in [3.8, 4) is 27.8 Å². The first-order chi connectivity index (χ1) is 12.3. The Morgan fingerprint density at radius 1 is 1.08 bits per heavy atom. The molecule has 0 fully saturated rings. The van der Waals surface area contributed by atoms with Crippen molar-refractivity contribution in [2.75, 3.05) is 7.11 Å². The summed E-state index contributed by atoms with van der Waals surface area (Å²) in [6.07, 6.45) is 1.96. The monoisotopic (exact) mass is 347 g/mol. The van der Waals surface area contributed by atoms with Crippen LogP contribution in [0, 0.1) is 0 Å². The van der Waals surface area contributed by atoms with Gasteiger partial charge in [-0.15, -0.1) is 5.10 Å². The predicted molar refractivity (Wildman–Crippen MR) is 98.1 cm³/mol. The summed E-state index contributed by atoms with van der Waals surface area (Å²) in [5, 5.41) is 5.67. The minimum Gasteiger partial charge on any atom is -0.497 e. The van der Waals surface area contributed by atoms with E-state index >= 15 is 0 Å². The molecule has 25 heavy (non-hydrogen) atoms. The van der Waals surface area contributed by atoms with Crippen LogP contribution in [0.5, 0.6) is 5.75 Å². The van der Waals surface area contributed by atoms with Crippen molar-refractivity contribution in [1.82, 2.24) is 14.6 Å². The summed E-state index contributed by atoms with van der Waals surface area (Å²) in [4.78, 5) is 6.47. The molecular formula is C19H13N3O2S. The number of benzene rings is 2. The average molecular weight is 347 g/mol. The van der Waals surface area contributed by atoms with Crippen LogP contribution in [0.15, 0.2) is 65.2 Å². The standard InChI is InChI=1S/C19H13N3O2S/c1-23-14-8-6-12(7-9-14)18-20-19-22(21-18)11-17(25-19)16-10-13-4-2-3-5-15(13)24-16/h2-11H,1H3. The minimum absolute atomic E-state index is 0.699. The van der Waals surface area contributed by atoms with E-state index in [1.54, 1.807) is 23.0 Å². The van der Waals surface area contributed by atoms with Gasteiger partial charge in [0.05, 0.1) is 18.2 Å². The van der Waals surface area contributed by atoms with Gasteiger partial charge in [0.25, 0.3) is 0 Å². The van der Waals surface area contributed by atoms with Crippen molar-refractivity contribution >= 4 is 27.3 Å². The van der Waals surface area contributed by atoms with Crippen LogP contribution in [0.1, 0.15) is 0 Å². The maximum atomic E-state index is 5.92. The molecule has 0 N–H and O–H groups in total. The molecule has 0 bridgehead atoms. The largest absolute Gasteiger partial charge is 0.497 e. The first-order valence-corrected chi connectivity index (χ1v) is 8.61. The van der Waals surface area contributed by atoms with Crippen molar-refractivity contribution in [3.63, 3.8) is 0 Å². The highest BCUT2D eigenvalue weighted by Crippen LogP contribution is 2.33. The van der Waals surface area contributed by atoms with Gasteiger partial charge in [-0.1, -0.05) is 29.5 Å². The van der Waals surface area contributed by atoms with Crippen molar-refractivity contribution in [1.29, 1.82) is 0 Å². The Balaban J connectivity index is 1.53. The molecule has 6 heteroatoms. The summed E-state index contributed by atoms with van der Waals surface area (Å²) in [5.41, 5.74) is 1.84. The van der Waals surface area contributed by atoms with Gasteiger partial charge in [-0.3, -0.25) is 0 Å². The summed E-state index contributed by atoms with van der Waals surface area (Å²) in [6.45, 7) is 0. The zero-order valence-electron chi connectivity index (χ0n) is 13.3. The first-order valence-electron chi connectivity index (χ1n) is 7.80. The molecule has 0 saturated carbocycles. The lowest BCUT2D eigenvalue weighted by molar-refractivity contribution is 0.415. The lowest BCUT2D eigenvalue weighted by Gasteiger charge is -1.99. The molecule has 0 aliphatic carbocycles. The Morgan fingerprint density at radius 2 is 1.92 bits per heavy atom. The van der Waals surface area contributed by atoms with Crippen molar-refractivity contribution in [3.05, 3.63) is 60.8 Å². The summed E-state index contributed by atoms with van der Waals surface area (Å²) >= 11 is 1.56. The van der Waals surface area contributed by atoms with Crippen molar-refractivity contribution < 1.29 is 9.15 Å². The molecule has 0 saturated heterocycles. The molecule has 2 aromatic carbocycles. The number of hydrogen-bond donors (Lipinski definition) is 0. The lowest BCUT2D eigenvalue weighted by Crippen LogP contribution is -1.85. The van der Waals surface area contributed by atoms with Crippen molar-refractivity contribution in [2.45, 2.75) is 0 Å². The summed E-state index contributed by atoms with van der Waals surface area (Å²) in [6, 6.07) is 17.8. The normalized spacial score (nSPS) is 11.4. The van der Waals surface area contributed by atoms with Crippen LogP contribution in [0.25, 0.3) is 38.0 Å². The molecule has 0 aliphatic rings. The molecule has 3 aromatic heterocycles. The van der Waals surface area contributed by atoms with Crippen LogP contribution < -0.4 is 4.74 Å². The zero-order valence-corrected chi connectivity index (χ0v) is 14.2. The van der Waals surface area contributed by atoms with Crippen LogP contribution >= 0.6 is 11.3 Å². The van der Waals surface area contributed by atoms with E-state index in [9.17, 15) is 0 Å². The number of hydrogen-bond acceptors (Lipinski definition) is 5. The number of fused-ring (bicyclic) bond motifs is 2. The van der Waals surface area contributed by atoms with Gasteiger partial charge in [0, 0.05) is 10.9 Å². The molecule has 5 aromatic rings. The molecule has 5 nitrogen and oxygen atoms in total. The molecule has 0 radical (unpaired) electrons. The molecule has 122 valence electrons. The van der Waals surface area contributed by atoms with Gasteiger partial charge in [0.1, 0.15) is 17.1 Å². The van der Waals surface area contributed by atoms with E-state index in [1.807, 2.05) is 60.8 Å². The van der Waals surface area contributed by atoms with Crippen LogP contribution in [0.4, 0.5) is 0 Å². The van der Waals surface area contributed by atoms with Gasteiger partial charge in [0.15, 0.2) is 5.82 Å². The predicted octanol–water partition coefficient (Wildman–Crippen LogP) is 4.88. The highest BCUT2D eigenvalue weighted by atomic mass is 32.1. The lowest BCUT2D eigenvalue weighted by atomic mass is 10.2. The van der Waals surface area contributed by atoms with Crippen LogP contribution in [0.3, 0.4) is 0 Å². The molecule has 0 aliphatic heterocycles. The maximum absolute atomic E-state index is 5.92. The third-order valence-corrected chi connectivity index (χ3v) is 5.04. The van der Waals surface area contributed by atoms with Gasteiger partial charge in [0.2, 0.25) is 4.96 Å². The highest BCUT2D eigenvalue weighted by Gasteiger charge is 2.14. The molecule has 0 spiro atoms. The van der Waals surface area contributed by atoms with E-state index in [1.165, 1.54) is 0 Å². The summed E-state index contributed by atoms with van der Waals surface area (Å²) in [5.74, 6) is 2.35. The van der Waals surface area contributed by atoms with E-state index in [4.69, 9.17) is 9.15 Å². The van der Waals surface area contributed by atoms with Crippen LogP contribution in [-0.2, 0) is 0 Å². The number of ether oxygens (including phenoxy) is 1. The second-order valence-corrected chi connectivity index (χ2v) is 6.64. The average Bonchev–Trinajstić information content (AvgIpc) is 3.33. The number of aromatic nitrogens is 3. The first kappa shape index (κ1) is 14.2. The Hall–Kier alpha value is -3.12. The summed E-state index contributed by atoms with van der Waals surface area (Å²) in [7, 11) is 1.65. The molecule has 3 heterocycles. The molecular weight excluding hydrogens is 334 g/mol.